The van der Waals surface area contributed by atoms with Gasteiger partial charge in [0.15, 0.2) is 5.78 Å². The Labute approximate surface area is 243 Å². The SMILES string of the molecule is CC(=O)C1=C(C)N(c2cccc(C(F)(F)F)c2)C(=O)C(C(=O)N2CCN(CCN(C)C)CC2)C1c1ccc(C#N)cc1. The lowest BCUT2D eigenvalue weighted by Gasteiger charge is -2.42. The highest BCUT2D eigenvalue weighted by atomic mass is 19.4. The van der Waals surface area contributed by atoms with Crippen molar-refractivity contribution in [2.75, 3.05) is 58.3 Å². The van der Waals surface area contributed by atoms with Crippen molar-refractivity contribution in [3.8, 4) is 6.07 Å². The lowest BCUT2D eigenvalue weighted by molar-refractivity contribution is -0.143. The Morgan fingerprint density at radius 3 is 2.24 bits per heavy atom. The highest BCUT2D eigenvalue weighted by Crippen LogP contribution is 2.44. The van der Waals surface area contributed by atoms with Gasteiger partial charge in [0.1, 0.15) is 5.92 Å². The van der Waals surface area contributed by atoms with Crippen LogP contribution in [0, 0.1) is 17.2 Å². The molecule has 0 aromatic heterocycles. The summed E-state index contributed by atoms with van der Waals surface area (Å²) in [6.45, 7) is 6.46. The number of amides is 2. The van der Waals surface area contributed by atoms with E-state index in [2.05, 4.69) is 9.80 Å². The molecule has 2 unspecified atom stereocenters. The van der Waals surface area contributed by atoms with Crippen LogP contribution in [0.25, 0.3) is 0 Å². The molecule has 2 aliphatic rings. The van der Waals surface area contributed by atoms with Gasteiger partial charge in [0.25, 0.3) is 0 Å². The Morgan fingerprint density at radius 2 is 1.69 bits per heavy atom. The molecule has 2 aromatic rings. The monoisotopic (exact) mass is 581 g/mol. The number of ketones is 1. The van der Waals surface area contributed by atoms with E-state index in [-0.39, 0.29) is 17.0 Å². The number of allylic oxidation sites excluding steroid dienone is 2. The number of carbonyl (C=O) groups is 3. The van der Waals surface area contributed by atoms with Crippen molar-refractivity contribution in [2.24, 2.45) is 5.92 Å². The van der Waals surface area contributed by atoms with Crippen LogP contribution in [-0.4, -0.2) is 85.7 Å². The number of halogens is 3. The van der Waals surface area contributed by atoms with Crippen molar-refractivity contribution in [3.05, 3.63) is 76.5 Å². The third kappa shape index (κ3) is 6.40. The van der Waals surface area contributed by atoms with Crippen LogP contribution in [0.2, 0.25) is 0 Å². The number of rotatable bonds is 7. The van der Waals surface area contributed by atoms with Crippen LogP contribution in [0.3, 0.4) is 0 Å². The maximum Gasteiger partial charge on any atom is 0.416 e. The van der Waals surface area contributed by atoms with Crippen molar-refractivity contribution in [3.63, 3.8) is 0 Å². The van der Waals surface area contributed by atoms with Gasteiger partial charge in [-0.05, 0) is 63.8 Å². The molecule has 0 spiro atoms. The number of hydrogen-bond donors (Lipinski definition) is 0. The van der Waals surface area contributed by atoms with Gasteiger partial charge in [0.2, 0.25) is 11.8 Å². The first-order valence-electron chi connectivity index (χ1n) is 13.7. The minimum atomic E-state index is -4.65. The van der Waals surface area contributed by atoms with Crippen LogP contribution in [0.4, 0.5) is 18.9 Å². The van der Waals surface area contributed by atoms with Crippen LogP contribution < -0.4 is 4.90 Å². The number of anilines is 1. The van der Waals surface area contributed by atoms with Crippen LogP contribution in [-0.2, 0) is 20.6 Å². The summed E-state index contributed by atoms with van der Waals surface area (Å²) in [6, 6.07) is 12.7. The largest absolute Gasteiger partial charge is 0.416 e. The van der Waals surface area contributed by atoms with Gasteiger partial charge in [-0.25, -0.2) is 0 Å². The van der Waals surface area contributed by atoms with Gasteiger partial charge >= 0.3 is 6.18 Å². The van der Waals surface area contributed by atoms with Crippen molar-refractivity contribution >= 4 is 23.3 Å². The zero-order valence-corrected chi connectivity index (χ0v) is 24.1. The molecule has 42 heavy (non-hydrogen) atoms. The topological polar surface area (TPSA) is 88.0 Å². The zero-order valence-electron chi connectivity index (χ0n) is 24.1. The molecule has 0 radical (unpaired) electrons. The van der Waals surface area contributed by atoms with Crippen LogP contribution >= 0.6 is 0 Å². The first kappa shape index (κ1) is 30.9. The highest BCUT2D eigenvalue weighted by Gasteiger charge is 2.49. The number of Topliss-reactive ketones (excluding diaryl/α,β-unsaturated/α-hetero) is 1. The molecule has 2 aliphatic heterocycles. The molecule has 2 amide bonds. The Kier molecular flexibility index (Phi) is 9.18. The second kappa shape index (κ2) is 12.5. The summed E-state index contributed by atoms with van der Waals surface area (Å²) in [5.41, 5.74) is 0.178. The molecule has 2 atom stereocenters. The summed E-state index contributed by atoms with van der Waals surface area (Å²) in [7, 11) is 3.96. The van der Waals surface area contributed by atoms with Gasteiger partial charge in [-0.15, -0.1) is 0 Å². The Bertz CT molecular complexity index is 1420. The number of nitriles is 1. The smallest absolute Gasteiger partial charge is 0.339 e. The summed E-state index contributed by atoms with van der Waals surface area (Å²) >= 11 is 0. The third-order valence-electron chi connectivity index (χ3n) is 7.88. The summed E-state index contributed by atoms with van der Waals surface area (Å²) in [6.07, 6.45) is -4.65. The molecule has 2 aromatic carbocycles. The van der Waals surface area contributed by atoms with E-state index in [1.165, 1.54) is 26.0 Å². The van der Waals surface area contributed by atoms with E-state index in [4.69, 9.17) is 0 Å². The fraction of sp³-hybridized carbons (Fsp3) is 0.419. The van der Waals surface area contributed by atoms with Crippen LogP contribution in [0.15, 0.2) is 59.8 Å². The first-order valence-corrected chi connectivity index (χ1v) is 13.7. The molecule has 11 heteroatoms. The molecular formula is C31H34F3N5O3. The van der Waals surface area contributed by atoms with Gasteiger partial charge < -0.3 is 9.80 Å². The summed E-state index contributed by atoms with van der Waals surface area (Å²) < 4.78 is 40.8. The Balaban J connectivity index is 1.80. The number of hydrogen-bond acceptors (Lipinski definition) is 6. The minimum Gasteiger partial charge on any atom is -0.339 e. The van der Waals surface area contributed by atoms with Crippen LogP contribution in [0.5, 0.6) is 0 Å². The fourth-order valence-electron chi connectivity index (χ4n) is 5.68. The van der Waals surface area contributed by atoms with Gasteiger partial charge in [0, 0.05) is 62.1 Å². The summed E-state index contributed by atoms with van der Waals surface area (Å²) in [4.78, 5) is 48.6. The standard InChI is InChI=1S/C31H34F3N5O3/c1-20-26(21(2)40)27(23-10-8-22(19-35)9-11-23)28(29(41)38-16-14-37(15-17-38)13-12-36(3)4)30(42)39(20)25-7-5-6-24(18-25)31(32,33)34/h5-11,18,27-28H,12-17H2,1-4H3. The molecule has 222 valence electrons. The third-order valence-corrected chi connectivity index (χ3v) is 7.88. The predicted molar refractivity (Wildman–Crippen MR) is 151 cm³/mol. The van der Waals surface area contributed by atoms with E-state index in [0.29, 0.717) is 37.3 Å². The van der Waals surface area contributed by atoms with E-state index in [9.17, 15) is 32.8 Å². The number of benzene rings is 2. The Morgan fingerprint density at radius 1 is 1.05 bits per heavy atom. The van der Waals surface area contributed by atoms with Crippen molar-refractivity contribution in [2.45, 2.75) is 25.9 Å². The van der Waals surface area contributed by atoms with Gasteiger partial charge in [0.05, 0.1) is 17.2 Å². The van der Waals surface area contributed by atoms with Crippen LogP contribution in [0.1, 0.15) is 36.5 Å². The maximum atomic E-state index is 14.3. The normalized spacial score (nSPS) is 20.2. The highest BCUT2D eigenvalue weighted by molar-refractivity contribution is 6.15. The van der Waals surface area contributed by atoms with E-state index in [0.717, 1.165) is 30.1 Å². The lowest BCUT2D eigenvalue weighted by Crippen LogP contribution is -2.56. The number of carbonyl (C=O) groups excluding carboxylic acids is 3. The van der Waals surface area contributed by atoms with Gasteiger partial charge in [-0.1, -0.05) is 18.2 Å². The number of nitrogens with zero attached hydrogens (tertiary/aromatic N) is 5. The lowest BCUT2D eigenvalue weighted by atomic mass is 9.73. The summed E-state index contributed by atoms with van der Waals surface area (Å²) in [5, 5.41) is 9.28. The molecule has 0 saturated carbocycles. The molecule has 8 nitrogen and oxygen atoms in total. The number of likely N-dealkylation sites (N-methyl/N-ethyl adjacent to an activating group) is 1. The molecule has 0 bridgehead atoms. The van der Waals surface area contributed by atoms with Gasteiger partial charge in [-0.2, -0.15) is 18.4 Å². The Hall–Kier alpha value is -4.01. The molecule has 0 N–H and O–H groups in total. The zero-order chi connectivity index (χ0) is 30.8. The molecule has 4 rings (SSSR count). The average Bonchev–Trinajstić information content (AvgIpc) is 2.95. The molecule has 2 heterocycles. The molecular weight excluding hydrogens is 547 g/mol. The first-order chi connectivity index (χ1) is 19.8. The molecule has 0 aliphatic carbocycles. The fourth-order valence-corrected chi connectivity index (χ4v) is 5.68. The second-order valence-electron chi connectivity index (χ2n) is 10.9. The average molecular weight is 582 g/mol. The van der Waals surface area contributed by atoms with E-state index in [1.54, 1.807) is 29.2 Å². The number of alkyl halides is 3. The van der Waals surface area contributed by atoms with E-state index in [1.807, 2.05) is 20.2 Å². The maximum absolute atomic E-state index is 14.3. The van der Waals surface area contributed by atoms with Crippen molar-refractivity contribution < 1.29 is 27.6 Å². The van der Waals surface area contributed by atoms with Crippen molar-refractivity contribution in [1.29, 1.82) is 5.26 Å². The summed E-state index contributed by atoms with van der Waals surface area (Å²) in [5.74, 6) is -3.94. The predicted octanol–water partition coefficient (Wildman–Crippen LogP) is 3.89. The quantitative estimate of drug-likeness (QED) is 0.461. The minimum absolute atomic E-state index is 0.0735. The second-order valence-corrected chi connectivity index (χ2v) is 10.9. The molecule has 1 fully saturated rings. The van der Waals surface area contributed by atoms with Crippen molar-refractivity contribution in [1.82, 2.24) is 14.7 Å². The van der Waals surface area contributed by atoms with E-state index < -0.39 is 41.2 Å². The van der Waals surface area contributed by atoms with Gasteiger partial charge in [-0.3, -0.25) is 24.2 Å². The molecule has 1 saturated heterocycles. The van der Waals surface area contributed by atoms with E-state index >= 15 is 0 Å². The number of piperazine rings is 1.